The minimum Gasteiger partial charge on any atom is -0.313 e. The predicted octanol–water partition coefficient (Wildman–Crippen LogP) is 2.76. The van der Waals surface area contributed by atoms with Gasteiger partial charge < -0.3 is 5.32 Å². The van der Waals surface area contributed by atoms with Crippen LogP contribution in [-0.2, 0) is 6.42 Å². The summed E-state index contributed by atoms with van der Waals surface area (Å²) in [6.45, 7) is 3.37. The molecule has 1 heterocycles. The van der Waals surface area contributed by atoms with E-state index < -0.39 is 0 Å². The molecule has 0 aliphatic carbocycles. The maximum atomic E-state index is 12.7. The number of nitrogens with one attached hydrogen (secondary N) is 1. The fraction of sp³-hybridized carbons (Fsp3) is 0.538. The molecule has 1 N–H and O–H groups in total. The highest BCUT2D eigenvalue weighted by molar-refractivity contribution is 5.17. The van der Waals surface area contributed by atoms with Crippen LogP contribution in [0.2, 0.25) is 0 Å². The van der Waals surface area contributed by atoms with Crippen molar-refractivity contribution < 1.29 is 4.39 Å². The molecule has 2 heteroatoms. The third-order valence-electron chi connectivity index (χ3n) is 3.38. The van der Waals surface area contributed by atoms with Gasteiger partial charge in [-0.1, -0.05) is 25.5 Å². The monoisotopic (exact) mass is 207 g/mol. The van der Waals surface area contributed by atoms with Crippen LogP contribution in [0.25, 0.3) is 0 Å². The first-order valence-electron chi connectivity index (χ1n) is 5.77. The molecule has 1 nitrogen and oxygen atoms in total. The van der Waals surface area contributed by atoms with Crippen LogP contribution in [0.4, 0.5) is 4.39 Å². The molecule has 0 bridgehead atoms. The SMILES string of the molecule is CCC1CCNC1Cc1ccc(F)cc1. The molecule has 1 aliphatic heterocycles. The Hall–Kier alpha value is -0.890. The van der Waals surface area contributed by atoms with E-state index >= 15 is 0 Å². The summed E-state index contributed by atoms with van der Waals surface area (Å²) in [4.78, 5) is 0. The van der Waals surface area contributed by atoms with Crippen LogP contribution in [0, 0.1) is 11.7 Å². The smallest absolute Gasteiger partial charge is 0.123 e. The van der Waals surface area contributed by atoms with Crippen molar-refractivity contribution >= 4 is 0 Å². The van der Waals surface area contributed by atoms with Crippen LogP contribution in [-0.4, -0.2) is 12.6 Å². The lowest BCUT2D eigenvalue weighted by Crippen LogP contribution is -2.29. The van der Waals surface area contributed by atoms with Gasteiger partial charge in [0.25, 0.3) is 0 Å². The molecule has 2 rings (SSSR count). The summed E-state index contributed by atoms with van der Waals surface area (Å²) in [5, 5.41) is 3.53. The van der Waals surface area contributed by atoms with Gasteiger partial charge >= 0.3 is 0 Å². The van der Waals surface area contributed by atoms with Crippen molar-refractivity contribution in [2.24, 2.45) is 5.92 Å². The van der Waals surface area contributed by atoms with Crippen LogP contribution >= 0.6 is 0 Å². The van der Waals surface area contributed by atoms with E-state index in [2.05, 4.69) is 12.2 Å². The summed E-state index contributed by atoms with van der Waals surface area (Å²) < 4.78 is 12.7. The molecule has 1 saturated heterocycles. The van der Waals surface area contributed by atoms with Gasteiger partial charge in [-0.15, -0.1) is 0 Å². The van der Waals surface area contributed by atoms with E-state index in [0.29, 0.717) is 6.04 Å². The number of hydrogen-bond donors (Lipinski definition) is 1. The number of hydrogen-bond acceptors (Lipinski definition) is 1. The van der Waals surface area contributed by atoms with E-state index in [1.807, 2.05) is 12.1 Å². The van der Waals surface area contributed by atoms with Crippen LogP contribution in [0.1, 0.15) is 25.3 Å². The Balaban J connectivity index is 1.99. The minimum absolute atomic E-state index is 0.148. The van der Waals surface area contributed by atoms with E-state index in [4.69, 9.17) is 0 Å². The largest absolute Gasteiger partial charge is 0.313 e. The quantitative estimate of drug-likeness (QED) is 0.803. The van der Waals surface area contributed by atoms with E-state index in [9.17, 15) is 4.39 Å². The van der Waals surface area contributed by atoms with Gasteiger partial charge in [0.1, 0.15) is 5.82 Å². The van der Waals surface area contributed by atoms with Crippen molar-refractivity contribution in [3.8, 4) is 0 Å². The second-order valence-electron chi connectivity index (χ2n) is 4.35. The van der Waals surface area contributed by atoms with Crippen LogP contribution in [0.3, 0.4) is 0 Å². The number of halogens is 1. The topological polar surface area (TPSA) is 12.0 Å². The first-order valence-corrected chi connectivity index (χ1v) is 5.77. The lowest BCUT2D eigenvalue weighted by atomic mass is 9.93. The average molecular weight is 207 g/mol. The lowest BCUT2D eigenvalue weighted by molar-refractivity contribution is 0.432. The number of benzene rings is 1. The molecule has 0 aromatic heterocycles. The molecule has 1 fully saturated rings. The lowest BCUT2D eigenvalue weighted by Gasteiger charge is -2.17. The number of rotatable bonds is 3. The first-order chi connectivity index (χ1) is 7.29. The average Bonchev–Trinajstić information content (AvgIpc) is 2.69. The Bertz CT molecular complexity index is 307. The molecule has 2 atom stereocenters. The Kier molecular flexibility index (Phi) is 3.37. The molecule has 0 radical (unpaired) electrons. The summed E-state index contributed by atoms with van der Waals surface area (Å²) in [6.07, 6.45) is 3.54. The maximum absolute atomic E-state index is 12.7. The van der Waals surface area contributed by atoms with Crippen LogP contribution in [0.5, 0.6) is 0 Å². The summed E-state index contributed by atoms with van der Waals surface area (Å²) >= 11 is 0. The van der Waals surface area contributed by atoms with Crippen molar-refractivity contribution in [3.05, 3.63) is 35.6 Å². The van der Waals surface area contributed by atoms with Gasteiger partial charge in [0, 0.05) is 6.04 Å². The first kappa shape index (κ1) is 10.6. The molecule has 1 aromatic carbocycles. The Morgan fingerprint density at radius 1 is 1.33 bits per heavy atom. The summed E-state index contributed by atoms with van der Waals surface area (Å²) in [6, 6.07) is 7.46. The van der Waals surface area contributed by atoms with Crippen molar-refractivity contribution in [3.63, 3.8) is 0 Å². The molecule has 1 aromatic rings. The zero-order chi connectivity index (χ0) is 10.7. The Morgan fingerprint density at radius 3 is 2.73 bits per heavy atom. The highest BCUT2D eigenvalue weighted by Gasteiger charge is 2.24. The Labute approximate surface area is 90.7 Å². The molecule has 1 aliphatic rings. The molecule has 2 unspecified atom stereocenters. The Morgan fingerprint density at radius 2 is 2.07 bits per heavy atom. The highest BCUT2D eigenvalue weighted by atomic mass is 19.1. The molecule has 0 amide bonds. The summed E-state index contributed by atoms with van der Waals surface area (Å²) in [7, 11) is 0. The van der Waals surface area contributed by atoms with Gasteiger partial charge in [-0.25, -0.2) is 4.39 Å². The van der Waals surface area contributed by atoms with E-state index in [1.54, 1.807) is 12.1 Å². The maximum Gasteiger partial charge on any atom is 0.123 e. The van der Waals surface area contributed by atoms with E-state index in [0.717, 1.165) is 18.9 Å². The van der Waals surface area contributed by atoms with Crippen LogP contribution < -0.4 is 5.32 Å². The third-order valence-corrected chi connectivity index (χ3v) is 3.38. The fourth-order valence-corrected chi connectivity index (χ4v) is 2.42. The van der Waals surface area contributed by atoms with E-state index in [1.165, 1.54) is 18.4 Å². The normalized spacial score (nSPS) is 25.7. The van der Waals surface area contributed by atoms with Crippen molar-refractivity contribution in [1.82, 2.24) is 5.32 Å². The van der Waals surface area contributed by atoms with Gasteiger partial charge in [0.15, 0.2) is 0 Å². The van der Waals surface area contributed by atoms with Crippen molar-refractivity contribution in [1.29, 1.82) is 0 Å². The molecular weight excluding hydrogens is 189 g/mol. The van der Waals surface area contributed by atoms with E-state index in [-0.39, 0.29) is 5.82 Å². The fourth-order valence-electron chi connectivity index (χ4n) is 2.42. The molecule has 15 heavy (non-hydrogen) atoms. The van der Waals surface area contributed by atoms with Gasteiger partial charge in [-0.3, -0.25) is 0 Å². The molecule has 0 saturated carbocycles. The zero-order valence-electron chi connectivity index (χ0n) is 9.17. The summed E-state index contributed by atoms with van der Waals surface area (Å²) in [5.74, 6) is 0.639. The highest BCUT2D eigenvalue weighted by Crippen LogP contribution is 2.22. The van der Waals surface area contributed by atoms with Gasteiger partial charge in [0.05, 0.1) is 0 Å². The second kappa shape index (κ2) is 4.75. The van der Waals surface area contributed by atoms with Crippen LogP contribution in [0.15, 0.2) is 24.3 Å². The zero-order valence-corrected chi connectivity index (χ0v) is 9.17. The van der Waals surface area contributed by atoms with Crippen molar-refractivity contribution in [2.75, 3.05) is 6.54 Å². The van der Waals surface area contributed by atoms with Crippen molar-refractivity contribution in [2.45, 2.75) is 32.2 Å². The molecular formula is C13H18FN. The second-order valence-corrected chi connectivity index (χ2v) is 4.35. The minimum atomic E-state index is -0.148. The molecule has 0 spiro atoms. The standard InChI is InChI=1S/C13H18FN/c1-2-11-7-8-15-13(11)9-10-3-5-12(14)6-4-10/h3-6,11,13,15H,2,7-9H2,1H3. The van der Waals surface area contributed by atoms with Gasteiger partial charge in [-0.05, 0) is 43.0 Å². The molecule has 82 valence electrons. The van der Waals surface area contributed by atoms with Gasteiger partial charge in [0.2, 0.25) is 0 Å². The summed E-state index contributed by atoms with van der Waals surface area (Å²) in [5.41, 5.74) is 1.23. The van der Waals surface area contributed by atoms with Gasteiger partial charge in [-0.2, -0.15) is 0 Å². The predicted molar refractivity (Wildman–Crippen MR) is 60.3 cm³/mol. The third kappa shape index (κ3) is 2.57.